The van der Waals surface area contributed by atoms with Gasteiger partial charge in [0.15, 0.2) is 0 Å². The average Bonchev–Trinajstić information content (AvgIpc) is 2.65. The molecular weight excluding hydrogens is 338 g/mol. The smallest absolute Gasteiger partial charge is 0.296 e. The lowest BCUT2D eigenvalue weighted by Crippen LogP contribution is -2.43. The highest BCUT2D eigenvalue weighted by molar-refractivity contribution is 5.95. The summed E-state index contributed by atoms with van der Waals surface area (Å²) in [6, 6.07) is 14.8. The van der Waals surface area contributed by atoms with Gasteiger partial charge in [-0.05, 0) is 17.7 Å². The number of nitrogens with zero attached hydrogens (tertiary/aromatic N) is 3. The lowest BCUT2D eigenvalue weighted by molar-refractivity contribution is -0.384. The first-order chi connectivity index (χ1) is 12.5. The van der Waals surface area contributed by atoms with E-state index in [1.54, 1.807) is 18.2 Å². The highest BCUT2D eigenvalue weighted by Gasteiger charge is 2.15. The van der Waals surface area contributed by atoms with Gasteiger partial charge in [-0.15, -0.1) is 0 Å². The van der Waals surface area contributed by atoms with Crippen LogP contribution in [0.15, 0.2) is 76.4 Å². The molecule has 0 radical (unpaired) electrons. The summed E-state index contributed by atoms with van der Waals surface area (Å²) in [5.74, 6) is -0.710. The maximum Gasteiger partial charge on any atom is 0.338 e. The van der Waals surface area contributed by atoms with Gasteiger partial charge >= 0.3 is 5.69 Å². The minimum absolute atomic E-state index is 0.0645. The van der Waals surface area contributed by atoms with Crippen LogP contribution in [0, 0.1) is 10.1 Å². The number of hydrogen-bond acceptors (Lipinski definition) is 5. The maximum absolute atomic E-state index is 12.6. The molecule has 0 fully saturated rings. The third-order valence-corrected chi connectivity index (χ3v) is 3.78. The van der Waals surface area contributed by atoms with Crippen molar-refractivity contribution in [3.8, 4) is 0 Å². The lowest BCUT2D eigenvalue weighted by atomic mass is 10.2. The van der Waals surface area contributed by atoms with Crippen LogP contribution in [-0.2, 0) is 6.54 Å². The number of aromatic nitrogens is 2. The fourth-order valence-electron chi connectivity index (χ4n) is 2.45. The third kappa shape index (κ3) is 3.34. The minimum atomic E-state index is -0.773. The van der Waals surface area contributed by atoms with Crippen molar-refractivity contribution in [1.29, 1.82) is 0 Å². The Morgan fingerprint density at radius 3 is 2.23 bits per heavy atom. The van der Waals surface area contributed by atoms with Gasteiger partial charge in [-0.25, -0.2) is 4.79 Å². The molecule has 8 heteroatoms. The van der Waals surface area contributed by atoms with Crippen LogP contribution >= 0.6 is 0 Å². The Balaban J connectivity index is 1.97. The second kappa shape index (κ2) is 6.98. The summed E-state index contributed by atoms with van der Waals surface area (Å²) in [6.07, 6.45) is 1.29. The van der Waals surface area contributed by atoms with Gasteiger partial charge in [0.2, 0.25) is 0 Å². The SMILES string of the molecule is O=C(c1ccccc1)n1c(=O)ccn(Cc2ccc([N+](=O)[O-])cc2)c1=O. The Morgan fingerprint density at radius 2 is 1.62 bits per heavy atom. The predicted molar refractivity (Wildman–Crippen MR) is 93.3 cm³/mol. The minimum Gasteiger partial charge on any atom is -0.296 e. The molecule has 3 aromatic rings. The van der Waals surface area contributed by atoms with Crippen molar-refractivity contribution >= 4 is 11.6 Å². The van der Waals surface area contributed by atoms with E-state index in [1.165, 1.54) is 47.2 Å². The predicted octanol–water partition coefficient (Wildman–Crippen LogP) is 1.65. The fraction of sp³-hybridized carbons (Fsp3) is 0.0556. The lowest BCUT2D eigenvalue weighted by Gasteiger charge is -2.09. The number of carbonyl (C=O) groups is 1. The van der Waals surface area contributed by atoms with Gasteiger partial charge in [0.05, 0.1) is 11.5 Å². The molecule has 1 aromatic heterocycles. The Morgan fingerprint density at radius 1 is 0.962 bits per heavy atom. The molecule has 0 aliphatic carbocycles. The zero-order valence-corrected chi connectivity index (χ0v) is 13.4. The summed E-state index contributed by atoms with van der Waals surface area (Å²) in [7, 11) is 0. The van der Waals surface area contributed by atoms with Crippen LogP contribution in [0.3, 0.4) is 0 Å². The Bertz CT molecular complexity index is 1080. The van der Waals surface area contributed by atoms with E-state index in [4.69, 9.17) is 0 Å². The van der Waals surface area contributed by atoms with Crippen LogP contribution in [-0.4, -0.2) is 20.0 Å². The van der Waals surface area contributed by atoms with Crippen LogP contribution in [0.4, 0.5) is 5.69 Å². The summed E-state index contributed by atoms with van der Waals surface area (Å²) in [4.78, 5) is 47.3. The van der Waals surface area contributed by atoms with E-state index in [0.29, 0.717) is 10.1 Å². The first-order valence-corrected chi connectivity index (χ1v) is 7.63. The fourth-order valence-corrected chi connectivity index (χ4v) is 2.45. The number of benzene rings is 2. The van der Waals surface area contributed by atoms with Crippen molar-refractivity contribution in [1.82, 2.24) is 9.13 Å². The number of nitro groups is 1. The first kappa shape index (κ1) is 17.0. The second-order valence-corrected chi connectivity index (χ2v) is 5.49. The largest absolute Gasteiger partial charge is 0.338 e. The quantitative estimate of drug-likeness (QED) is 0.525. The van der Waals surface area contributed by atoms with Gasteiger partial charge in [0, 0.05) is 30.0 Å². The van der Waals surface area contributed by atoms with Gasteiger partial charge in [0.1, 0.15) is 0 Å². The molecule has 0 atom stereocenters. The Kier molecular flexibility index (Phi) is 4.57. The second-order valence-electron chi connectivity index (χ2n) is 5.49. The zero-order valence-electron chi connectivity index (χ0n) is 13.4. The first-order valence-electron chi connectivity index (χ1n) is 7.63. The van der Waals surface area contributed by atoms with E-state index in [-0.39, 0.29) is 17.8 Å². The van der Waals surface area contributed by atoms with Crippen molar-refractivity contribution in [2.24, 2.45) is 0 Å². The molecule has 0 aliphatic heterocycles. The van der Waals surface area contributed by atoms with Crippen molar-refractivity contribution in [2.45, 2.75) is 6.54 Å². The Hall–Kier alpha value is -3.81. The molecular formula is C18H13N3O5. The molecule has 0 amide bonds. The standard InChI is InChI=1S/C18H13N3O5/c22-16-10-11-19(12-13-6-8-15(9-7-13)21(25)26)18(24)20(16)17(23)14-4-2-1-3-5-14/h1-11H,12H2. The molecule has 0 saturated carbocycles. The number of hydrogen-bond donors (Lipinski definition) is 0. The highest BCUT2D eigenvalue weighted by atomic mass is 16.6. The molecule has 0 aliphatic rings. The van der Waals surface area contributed by atoms with E-state index >= 15 is 0 Å². The molecule has 0 saturated heterocycles. The van der Waals surface area contributed by atoms with Crippen molar-refractivity contribution < 1.29 is 9.72 Å². The van der Waals surface area contributed by atoms with Gasteiger partial charge < -0.3 is 0 Å². The summed E-state index contributed by atoms with van der Waals surface area (Å²) in [6.45, 7) is 0.0686. The van der Waals surface area contributed by atoms with E-state index in [1.807, 2.05) is 0 Å². The summed E-state index contributed by atoms with van der Waals surface area (Å²) >= 11 is 0. The van der Waals surface area contributed by atoms with Gasteiger partial charge in [-0.3, -0.25) is 24.3 Å². The normalized spacial score (nSPS) is 10.5. The van der Waals surface area contributed by atoms with Crippen molar-refractivity contribution in [3.05, 3.63) is 109 Å². The Labute approximate surface area is 146 Å². The molecule has 0 unspecified atom stereocenters. The average molecular weight is 351 g/mol. The number of rotatable bonds is 4. The third-order valence-electron chi connectivity index (χ3n) is 3.78. The molecule has 3 rings (SSSR count). The van der Waals surface area contributed by atoms with Crippen LogP contribution in [0.5, 0.6) is 0 Å². The van der Waals surface area contributed by atoms with E-state index < -0.39 is 22.1 Å². The maximum atomic E-state index is 12.6. The van der Waals surface area contributed by atoms with Gasteiger partial charge in [-0.1, -0.05) is 30.3 Å². The summed E-state index contributed by atoms with van der Waals surface area (Å²) < 4.78 is 1.77. The summed E-state index contributed by atoms with van der Waals surface area (Å²) in [5, 5.41) is 10.7. The molecule has 0 N–H and O–H groups in total. The van der Waals surface area contributed by atoms with E-state index in [2.05, 4.69) is 0 Å². The molecule has 1 heterocycles. The molecule has 2 aromatic carbocycles. The van der Waals surface area contributed by atoms with Crippen LogP contribution < -0.4 is 11.2 Å². The van der Waals surface area contributed by atoms with Gasteiger partial charge in [-0.2, -0.15) is 4.57 Å². The van der Waals surface area contributed by atoms with Crippen LogP contribution in [0.25, 0.3) is 0 Å². The highest BCUT2D eigenvalue weighted by Crippen LogP contribution is 2.12. The molecule has 0 bridgehead atoms. The van der Waals surface area contributed by atoms with Crippen LogP contribution in [0.2, 0.25) is 0 Å². The van der Waals surface area contributed by atoms with Crippen molar-refractivity contribution in [3.63, 3.8) is 0 Å². The molecule has 130 valence electrons. The number of non-ortho nitro benzene ring substituents is 1. The van der Waals surface area contributed by atoms with E-state index in [9.17, 15) is 24.5 Å². The zero-order chi connectivity index (χ0) is 18.7. The van der Waals surface area contributed by atoms with E-state index in [0.717, 1.165) is 6.07 Å². The molecule has 26 heavy (non-hydrogen) atoms. The topological polar surface area (TPSA) is 104 Å². The monoisotopic (exact) mass is 351 g/mol. The van der Waals surface area contributed by atoms with Gasteiger partial charge in [0.25, 0.3) is 17.2 Å². The van der Waals surface area contributed by atoms with Crippen molar-refractivity contribution in [2.75, 3.05) is 0 Å². The molecule has 8 nitrogen and oxygen atoms in total. The number of carbonyl (C=O) groups excluding carboxylic acids is 1. The van der Waals surface area contributed by atoms with Crippen LogP contribution in [0.1, 0.15) is 15.9 Å². The number of nitro benzene ring substituents is 1. The summed E-state index contributed by atoms with van der Waals surface area (Å²) in [5.41, 5.74) is -0.714. The molecule has 0 spiro atoms.